The SMILES string of the molecule is COCCOCCO.O=P(O)(O)O. The van der Waals surface area contributed by atoms with Gasteiger partial charge in [-0.15, -0.1) is 0 Å². The van der Waals surface area contributed by atoms with Crippen LogP contribution in [0.15, 0.2) is 0 Å². The third-order valence-corrected chi connectivity index (χ3v) is 0.667. The second kappa shape index (κ2) is 10.1. The summed E-state index contributed by atoms with van der Waals surface area (Å²) in [5, 5.41) is 8.20. The number of phosphoric acid groups is 1. The Balaban J connectivity index is 0. The molecular formula is C5H15O7P. The molecule has 0 radical (unpaired) electrons. The molecule has 7 nitrogen and oxygen atoms in total. The molecule has 13 heavy (non-hydrogen) atoms. The predicted octanol–water partition coefficient (Wildman–Crippen LogP) is -1.29. The zero-order valence-corrected chi connectivity index (χ0v) is 8.18. The third-order valence-electron chi connectivity index (χ3n) is 0.667. The van der Waals surface area contributed by atoms with Crippen molar-refractivity contribution in [3.05, 3.63) is 0 Å². The lowest BCUT2D eigenvalue weighted by molar-refractivity contribution is 0.0500. The lowest BCUT2D eigenvalue weighted by Crippen LogP contribution is -2.05. The van der Waals surface area contributed by atoms with E-state index in [9.17, 15) is 0 Å². The minimum Gasteiger partial charge on any atom is -0.394 e. The molecule has 0 heterocycles. The molecule has 0 aromatic rings. The maximum absolute atomic E-state index is 8.88. The van der Waals surface area contributed by atoms with Crippen molar-refractivity contribution in [2.75, 3.05) is 33.5 Å². The molecule has 0 fully saturated rings. The zero-order valence-electron chi connectivity index (χ0n) is 7.29. The quantitative estimate of drug-likeness (QED) is 0.335. The fourth-order valence-electron chi connectivity index (χ4n) is 0.309. The van der Waals surface area contributed by atoms with Gasteiger partial charge in [-0.3, -0.25) is 0 Å². The molecule has 0 saturated carbocycles. The number of aliphatic hydroxyl groups excluding tert-OH is 1. The zero-order chi connectivity index (χ0) is 10.7. The first-order chi connectivity index (χ1) is 5.91. The minimum absolute atomic E-state index is 0.0870. The summed E-state index contributed by atoms with van der Waals surface area (Å²) in [6, 6.07) is 0. The Morgan fingerprint density at radius 3 is 1.92 bits per heavy atom. The highest BCUT2D eigenvalue weighted by molar-refractivity contribution is 7.45. The molecule has 4 N–H and O–H groups in total. The van der Waals surface area contributed by atoms with Gasteiger partial charge in [0.1, 0.15) is 0 Å². The van der Waals surface area contributed by atoms with Crippen molar-refractivity contribution < 1.29 is 33.8 Å². The van der Waals surface area contributed by atoms with Crippen molar-refractivity contribution in [1.82, 2.24) is 0 Å². The maximum atomic E-state index is 8.88. The molecule has 0 aliphatic rings. The van der Waals surface area contributed by atoms with Crippen LogP contribution >= 0.6 is 7.82 Å². The van der Waals surface area contributed by atoms with Crippen LogP contribution in [-0.2, 0) is 14.0 Å². The topological polar surface area (TPSA) is 116 Å². The summed E-state index contributed by atoms with van der Waals surface area (Å²) in [6.45, 7) is 1.66. The van der Waals surface area contributed by atoms with Crippen LogP contribution in [0.5, 0.6) is 0 Å². The summed E-state index contributed by atoms with van der Waals surface area (Å²) in [6.07, 6.45) is 0. The van der Waals surface area contributed by atoms with Crippen LogP contribution in [0, 0.1) is 0 Å². The summed E-state index contributed by atoms with van der Waals surface area (Å²) in [5.41, 5.74) is 0. The molecule has 0 bridgehead atoms. The van der Waals surface area contributed by atoms with E-state index in [0.717, 1.165) is 0 Å². The summed E-state index contributed by atoms with van der Waals surface area (Å²) < 4.78 is 18.4. The molecule has 8 heteroatoms. The lowest BCUT2D eigenvalue weighted by Gasteiger charge is -1.98. The number of hydrogen-bond donors (Lipinski definition) is 4. The summed E-state index contributed by atoms with van der Waals surface area (Å²) in [4.78, 5) is 21.6. The smallest absolute Gasteiger partial charge is 0.394 e. The number of aliphatic hydroxyl groups is 1. The highest BCUT2D eigenvalue weighted by Crippen LogP contribution is 2.25. The Kier molecular flexibility index (Phi) is 12.0. The lowest BCUT2D eigenvalue weighted by atomic mass is 10.7. The van der Waals surface area contributed by atoms with Crippen LogP contribution in [0.1, 0.15) is 0 Å². The maximum Gasteiger partial charge on any atom is 0.466 e. The van der Waals surface area contributed by atoms with Gasteiger partial charge in [0.2, 0.25) is 0 Å². The Labute approximate surface area is 76.2 Å². The highest BCUT2D eigenvalue weighted by atomic mass is 31.2. The van der Waals surface area contributed by atoms with Crippen molar-refractivity contribution in [2.45, 2.75) is 0 Å². The van der Waals surface area contributed by atoms with E-state index in [4.69, 9.17) is 29.1 Å². The molecule has 0 atom stereocenters. The van der Waals surface area contributed by atoms with Gasteiger partial charge in [0.15, 0.2) is 0 Å². The van der Waals surface area contributed by atoms with Crippen LogP contribution in [0.25, 0.3) is 0 Å². The van der Waals surface area contributed by atoms with Gasteiger partial charge in [0.25, 0.3) is 0 Å². The van der Waals surface area contributed by atoms with E-state index >= 15 is 0 Å². The van der Waals surface area contributed by atoms with E-state index in [-0.39, 0.29) is 6.61 Å². The van der Waals surface area contributed by atoms with Gasteiger partial charge in [-0.25, -0.2) is 4.57 Å². The van der Waals surface area contributed by atoms with E-state index in [1.807, 2.05) is 0 Å². The highest BCUT2D eigenvalue weighted by Gasteiger charge is 2.00. The first-order valence-electron chi connectivity index (χ1n) is 3.37. The average molecular weight is 218 g/mol. The van der Waals surface area contributed by atoms with Gasteiger partial charge in [-0.05, 0) is 0 Å². The van der Waals surface area contributed by atoms with Crippen LogP contribution in [0.2, 0.25) is 0 Å². The van der Waals surface area contributed by atoms with E-state index in [0.29, 0.717) is 19.8 Å². The number of methoxy groups -OCH3 is 1. The summed E-state index contributed by atoms with van der Waals surface area (Å²) in [5.74, 6) is 0. The Bertz CT molecular complexity index is 119. The summed E-state index contributed by atoms with van der Waals surface area (Å²) >= 11 is 0. The molecular weight excluding hydrogens is 203 g/mol. The molecule has 0 rings (SSSR count). The van der Waals surface area contributed by atoms with Crippen molar-refractivity contribution in [2.24, 2.45) is 0 Å². The normalized spacial score (nSPS) is 10.5. The van der Waals surface area contributed by atoms with Crippen LogP contribution in [0.4, 0.5) is 0 Å². The molecule has 0 aliphatic heterocycles. The monoisotopic (exact) mass is 218 g/mol. The van der Waals surface area contributed by atoms with Crippen LogP contribution in [-0.4, -0.2) is 53.3 Å². The van der Waals surface area contributed by atoms with E-state index < -0.39 is 7.82 Å². The second-order valence-corrected chi connectivity index (χ2v) is 2.87. The molecule has 0 amide bonds. The average Bonchev–Trinajstić information content (AvgIpc) is 1.95. The van der Waals surface area contributed by atoms with Crippen molar-refractivity contribution in [1.29, 1.82) is 0 Å². The fraction of sp³-hybridized carbons (Fsp3) is 1.00. The molecule has 0 spiro atoms. The number of hydrogen-bond acceptors (Lipinski definition) is 4. The van der Waals surface area contributed by atoms with Crippen molar-refractivity contribution in [3.63, 3.8) is 0 Å². The molecule has 0 aliphatic carbocycles. The Hall–Kier alpha value is -0.0100. The van der Waals surface area contributed by atoms with Gasteiger partial charge in [0.05, 0.1) is 26.4 Å². The Morgan fingerprint density at radius 1 is 1.15 bits per heavy atom. The van der Waals surface area contributed by atoms with Gasteiger partial charge >= 0.3 is 7.82 Å². The Morgan fingerprint density at radius 2 is 1.62 bits per heavy atom. The fourth-order valence-corrected chi connectivity index (χ4v) is 0.309. The minimum atomic E-state index is -4.64. The molecule has 0 saturated heterocycles. The van der Waals surface area contributed by atoms with E-state index in [1.165, 1.54) is 0 Å². The molecule has 0 aromatic carbocycles. The van der Waals surface area contributed by atoms with Gasteiger partial charge in [0, 0.05) is 7.11 Å². The first kappa shape index (κ1) is 15.5. The van der Waals surface area contributed by atoms with Crippen LogP contribution < -0.4 is 0 Å². The van der Waals surface area contributed by atoms with Gasteiger partial charge in [-0.2, -0.15) is 0 Å². The first-order valence-corrected chi connectivity index (χ1v) is 4.94. The summed E-state index contributed by atoms with van der Waals surface area (Å²) in [7, 11) is -3.03. The molecule has 0 unspecified atom stereocenters. The third kappa shape index (κ3) is 48.1. The van der Waals surface area contributed by atoms with Gasteiger partial charge < -0.3 is 29.3 Å². The van der Waals surface area contributed by atoms with Crippen molar-refractivity contribution >= 4 is 7.82 Å². The number of ether oxygens (including phenoxy) is 2. The molecule has 82 valence electrons. The van der Waals surface area contributed by atoms with E-state index in [2.05, 4.69) is 4.74 Å². The number of rotatable bonds is 5. The standard InChI is InChI=1S/C5H12O3.H3O4P/c1-7-4-5-8-3-2-6;1-5(2,3)4/h6H,2-5H2,1H3;(H3,1,2,3,4). The predicted molar refractivity (Wildman–Crippen MR) is 44.0 cm³/mol. The van der Waals surface area contributed by atoms with Crippen molar-refractivity contribution in [3.8, 4) is 0 Å². The van der Waals surface area contributed by atoms with Crippen LogP contribution in [0.3, 0.4) is 0 Å². The largest absolute Gasteiger partial charge is 0.466 e. The molecule has 0 aromatic heterocycles. The van der Waals surface area contributed by atoms with Gasteiger partial charge in [-0.1, -0.05) is 0 Å². The second-order valence-electron chi connectivity index (χ2n) is 1.84. The van der Waals surface area contributed by atoms with E-state index in [1.54, 1.807) is 7.11 Å².